The van der Waals surface area contributed by atoms with E-state index in [0.29, 0.717) is 30.1 Å². The molecule has 0 aliphatic carbocycles. The first kappa shape index (κ1) is 12.3. The Morgan fingerprint density at radius 2 is 2.50 bits per heavy atom. The van der Waals surface area contributed by atoms with Gasteiger partial charge in [0.2, 0.25) is 0 Å². The second kappa shape index (κ2) is 6.66. The van der Waals surface area contributed by atoms with Crippen molar-refractivity contribution in [3.8, 4) is 0 Å². The molecule has 0 spiro atoms. The molecule has 0 aliphatic heterocycles. The second-order valence-corrected chi connectivity index (χ2v) is 3.33. The molecule has 1 aromatic rings. The zero-order valence-electron chi connectivity index (χ0n) is 8.43. The Morgan fingerprint density at radius 3 is 3.19 bits per heavy atom. The van der Waals surface area contributed by atoms with E-state index in [1.807, 2.05) is 0 Å². The molecule has 0 radical (unpaired) electrons. The molecular formula is C9H10ClN5O. The fourth-order valence-electron chi connectivity index (χ4n) is 1.05. The summed E-state index contributed by atoms with van der Waals surface area (Å²) in [4.78, 5) is 18.0. The van der Waals surface area contributed by atoms with E-state index in [1.54, 1.807) is 6.07 Å². The smallest absolute Gasteiger partial charge is 0.252 e. The average Bonchev–Trinajstić information content (AvgIpc) is 2.29. The molecule has 6 nitrogen and oxygen atoms in total. The predicted octanol–water partition coefficient (Wildman–Crippen LogP) is 2.17. The molecule has 1 aromatic heterocycles. The number of nitrogens with zero attached hydrogens (tertiary/aromatic N) is 4. The van der Waals surface area contributed by atoms with Crippen LogP contribution in [0.5, 0.6) is 0 Å². The van der Waals surface area contributed by atoms with Crippen molar-refractivity contribution >= 4 is 17.5 Å². The normalized spacial score (nSPS) is 9.31. The van der Waals surface area contributed by atoms with Gasteiger partial charge >= 0.3 is 0 Å². The van der Waals surface area contributed by atoms with E-state index in [2.05, 4.69) is 20.3 Å². The van der Waals surface area contributed by atoms with Crippen LogP contribution < -0.4 is 5.32 Å². The second-order valence-electron chi connectivity index (χ2n) is 2.92. The highest BCUT2D eigenvalue weighted by atomic mass is 35.5. The highest BCUT2D eigenvalue weighted by Crippen LogP contribution is 2.12. The van der Waals surface area contributed by atoms with E-state index in [1.165, 1.54) is 12.4 Å². The predicted molar refractivity (Wildman–Crippen MR) is 60.2 cm³/mol. The molecule has 0 bridgehead atoms. The van der Waals surface area contributed by atoms with E-state index in [-0.39, 0.29) is 5.91 Å². The molecule has 0 unspecified atom stereocenters. The van der Waals surface area contributed by atoms with Crippen molar-refractivity contribution in [1.82, 2.24) is 10.3 Å². The van der Waals surface area contributed by atoms with Gasteiger partial charge in [-0.3, -0.25) is 9.78 Å². The van der Waals surface area contributed by atoms with Crippen LogP contribution in [0.25, 0.3) is 10.4 Å². The summed E-state index contributed by atoms with van der Waals surface area (Å²) < 4.78 is 0. The van der Waals surface area contributed by atoms with E-state index in [4.69, 9.17) is 17.1 Å². The lowest BCUT2D eigenvalue weighted by Crippen LogP contribution is -2.25. The first-order valence-corrected chi connectivity index (χ1v) is 5.02. The van der Waals surface area contributed by atoms with Crippen LogP contribution in [-0.2, 0) is 0 Å². The van der Waals surface area contributed by atoms with Crippen LogP contribution in [0.15, 0.2) is 23.6 Å². The summed E-state index contributed by atoms with van der Waals surface area (Å²) in [5, 5.41) is 6.33. The van der Waals surface area contributed by atoms with Crippen molar-refractivity contribution in [1.29, 1.82) is 0 Å². The van der Waals surface area contributed by atoms with Gasteiger partial charge < -0.3 is 5.32 Å². The number of hydrogen-bond acceptors (Lipinski definition) is 3. The Kier molecular flexibility index (Phi) is 5.11. The van der Waals surface area contributed by atoms with Crippen molar-refractivity contribution in [2.24, 2.45) is 5.11 Å². The molecule has 16 heavy (non-hydrogen) atoms. The lowest BCUT2D eigenvalue weighted by Gasteiger charge is -2.04. The van der Waals surface area contributed by atoms with Crippen LogP contribution in [0.3, 0.4) is 0 Å². The van der Waals surface area contributed by atoms with Gasteiger partial charge in [-0.05, 0) is 18.0 Å². The molecule has 0 aliphatic rings. The number of rotatable bonds is 5. The Labute approximate surface area is 97.3 Å². The summed E-state index contributed by atoms with van der Waals surface area (Å²) in [6, 6.07) is 1.55. The van der Waals surface area contributed by atoms with E-state index in [9.17, 15) is 4.79 Å². The number of nitrogens with one attached hydrogen (secondary N) is 1. The molecule has 0 fully saturated rings. The van der Waals surface area contributed by atoms with Gasteiger partial charge in [0.25, 0.3) is 5.91 Å². The van der Waals surface area contributed by atoms with Crippen molar-refractivity contribution in [2.75, 3.05) is 13.1 Å². The van der Waals surface area contributed by atoms with Crippen molar-refractivity contribution in [3.05, 3.63) is 39.5 Å². The Balaban J connectivity index is 2.41. The number of amides is 1. The maximum absolute atomic E-state index is 11.6. The summed E-state index contributed by atoms with van der Waals surface area (Å²) in [7, 11) is 0. The van der Waals surface area contributed by atoms with E-state index >= 15 is 0 Å². The van der Waals surface area contributed by atoms with Gasteiger partial charge in [0.1, 0.15) is 0 Å². The lowest BCUT2D eigenvalue weighted by atomic mass is 10.2. The zero-order valence-corrected chi connectivity index (χ0v) is 9.18. The first-order valence-electron chi connectivity index (χ1n) is 4.64. The number of aromatic nitrogens is 1. The van der Waals surface area contributed by atoms with Crippen molar-refractivity contribution < 1.29 is 4.79 Å². The topological polar surface area (TPSA) is 90.8 Å². The third kappa shape index (κ3) is 3.76. The van der Waals surface area contributed by atoms with Gasteiger partial charge in [-0.25, -0.2) is 0 Å². The van der Waals surface area contributed by atoms with Gasteiger partial charge in [0.15, 0.2) is 0 Å². The number of azide groups is 1. The van der Waals surface area contributed by atoms with Crippen LogP contribution >= 0.6 is 11.6 Å². The van der Waals surface area contributed by atoms with Gasteiger partial charge in [-0.1, -0.05) is 16.7 Å². The van der Waals surface area contributed by atoms with Crippen LogP contribution in [0.1, 0.15) is 16.8 Å². The fraction of sp³-hybridized carbons (Fsp3) is 0.333. The van der Waals surface area contributed by atoms with Crippen LogP contribution in [0.4, 0.5) is 0 Å². The van der Waals surface area contributed by atoms with Gasteiger partial charge in [0, 0.05) is 30.4 Å². The minimum absolute atomic E-state index is 0.256. The maximum Gasteiger partial charge on any atom is 0.252 e. The molecule has 0 saturated carbocycles. The number of pyridine rings is 1. The summed E-state index contributed by atoms with van der Waals surface area (Å²) in [5.74, 6) is -0.256. The van der Waals surface area contributed by atoms with Crippen molar-refractivity contribution in [3.63, 3.8) is 0 Å². The summed E-state index contributed by atoms with van der Waals surface area (Å²) in [6.45, 7) is 0.803. The third-order valence-electron chi connectivity index (χ3n) is 1.80. The molecule has 1 amide bonds. The summed E-state index contributed by atoms with van der Waals surface area (Å²) in [5.41, 5.74) is 8.43. The van der Waals surface area contributed by atoms with Crippen LogP contribution in [0, 0.1) is 0 Å². The SMILES string of the molecule is [N-]=[N+]=NCCCNC(=O)c1ccncc1Cl. The molecule has 84 valence electrons. The number of carbonyl (C=O) groups excluding carboxylic acids is 1. The fourth-order valence-corrected chi connectivity index (χ4v) is 1.26. The molecule has 0 atom stereocenters. The number of hydrogen-bond donors (Lipinski definition) is 1. The third-order valence-corrected chi connectivity index (χ3v) is 2.10. The van der Waals surface area contributed by atoms with Crippen LogP contribution in [0.2, 0.25) is 5.02 Å². The summed E-state index contributed by atoms with van der Waals surface area (Å²) >= 11 is 5.79. The number of carbonyl (C=O) groups is 1. The van der Waals surface area contributed by atoms with E-state index in [0.717, 1.165) is 0 Å². The number of halogens is 1. The highest BCUT2D eigenvalue weighted by molar-refractivity contribution is 6.33. The lowest BCUT2D eigenvalue weighted by molar-refractivity contribution is 0.0953. The molecule has 7 heteroatoms. The monoisotopic (exact) mass is 239 g/mol. The van der Waals surface area contributed by atoms with Crippen LogP contribution in [-0.4, -0.2) is 24.0 Å². The van der Waals surface area contributed by atoms with E-state index < -0.39 is 0 Å². The molecule has 0 saturated heterocycles. The zero-order chi connectivity index (χ0) is 11.8. The first-order chi connectivity index (χ1) is 7.75. The molecule has 1 N–H and O–H groups in total. The van der Waals surface area contributed by atoms with Gasteiger partial charge in [-0.15, -0.1) is 0 Å². The average molecular weight is 240 g/mol. The molecule has 0 aromatic carbocycles. The maximum atomic E-state index is 11.6. The van der Waals surface area contributed by atoms with Gasteiger partial charge in [0.05, 0.1) is 10.6 Å². The molecular weight excluding hydrogens is 230 g/mol. The minimum Gasteiger partial charge on any atom is -0.352 e. The minimum atomic E-state index is -0.256. The Hall–Kier alpha value is -1.78. The standard InChI is InChI=1S/C9H10ClN5O/c10-8-6-12-5-2-7(8)9(16)13-3-1-4-14-15-11/h2,5-6H,1,3-4H2,(H,13,16). The summed E-state index contributed by atoms with van der Waals surface area (Å²) in [6.07, 6.45) is 3.51. The Morgan fingerprint density at radius 1 is 1.69 bits per heavy atom. The molecule has 1 rings (SSSR count). The largest absolute Gasteiger partial charge is 0.352 e. The van der Waals surface area contributed by atoms with Gasteiger partial charge in [-0.2, -0.15) is 0 Å². The Bertz CT molecular complexity index is 416. The molecule has 1 heterocycles. The highest BCUT2D eigenvalue weighted by Gasteiger charge is 2.08. The van der Waals surface area contributed by atoms with Crippen molar-refractivity contribution in [2.45, 2.75) is 6.42 Å². The quantitative estimate of drug-likeness (QED) is 0.369.